The van der Waals surface area contributed by atoms with Crippen LogP contribution in [0.5, 0.6) is 0 Å². The summed E-state index contributed by atoms with van der Waals surface area (Å²) in [4.78, 5) is 26.1. The molecule has 5 nitrogen and oxygen atoms in total. The highest BCUT2D eigenvalue weighted by atomic mass is 16.4. The van der Waals surface area contributed by atoms with Crippen LogP contribution in [-0.2, 0) is 12.8 Å². The standard InChI is InChI=1S/C29H32N2O3/c1-29(2,3)31(28(33)34)26-19-25(26)22-14-16-24(17-15-22)30-27(32)23-11-7-10-21(18-23)13-12-20-8-5-4-6-9-20/h4-11,14-18,25-26H,12-13,19H2,1-3H3,(H,30,32)(H,33,34)/t25-,26+/m0/s1. The minimum atomic E-state index is -0.880. The van der Waals surface area contributed by atoms with Crippen molar-refractivity contribution in [1.29, 1.82) is 0 Å². The van der Waals surface area contributed by atoms with Crippen molar-refractivity contribution >= 4 is 17.7 Å². The van der Waals surface area contributed by atoms with Gasteiger partial charge in [0, 0.05) is 28.7 Å². The number of nitrogens with zero attached hydrogens (tertiary/aromatic N) is 1. The fourth-order valence-electron chi connectivity index (χ4n) is 4.57. The number of aryl methyl sites for hydroxylation is 2. The van der Waals surface area contributed by atoms with Gasteiger partial charge in [0.1, 0.15) is 0 Å². The summed E-state index contributed by atoms with van der Waals surface area (Å²) in [6, 6.07) is 25.9. The molecule has 3 aromatic rings. The molecule has 34 heavy (non-hydrogen) atoms. The van der Waals surface area contributed by atoms with Crippen LogP contribution < -0.4 is 5.32 Å². The van der Waals surface area contributed by atoms with Crippen molar-refractivity contribution < 1.29 is 14.7 Å². The minimum Gasteiger partial charge on any atom is -0.465 e. The van der Waals surface area contributed by atoms with E-state index < -0.39 is 11.6 Å². The maximum absolute atomic E-state index is 12.8. The third-order valence-electron chi connectivity index (χ3n) is 6.35. The molecule has 0 saturated heterocycles. The van der Waals surface area contributed by atoms with E-state index >= 15 is 0 Å². The van der Waals surface area contributed by atoms with E-state index in [4.69, 9.17) is 0 Å². The van der Waals surface area contributed by atoms with Crippen LogP contribution in [-0.4, -0.2) is 33.6 Å². The molecule has 176 valence electrons. The number of carboxylic acid groups (broad SMARTS) is 1. The maximum Gasteiger partial charge on any atom is 0.408 e. The summed E-state index contributed by atoms with van der Waals surface area (Å²) >= 11 is 0. The lowest BCUT2D eigenvalue weighted by atomic mass is 10.0. The topological polar surface area (TPSA) is 69.6 Å². The Bertz CT molecular complexity index is 1150. The first kappa shape index (κ1) is 23.6. The lowest BCUT2D eigenvalue weighted by Gasteiger charge is -2.33. The Morgan fingerprint density at radius 3 is 2.21 bits per heavy atom. The van der Waals surface area contributed by atoms with Crippen molar-refractivity contribution in [3.05, 3.63) is 101 Å². The maximum atomic E-state index is 12.8. The third kappa shape index (κ3) is 5.66. The molecule has 0 aromatic heterocycles. The fourth-order valence-corrected chi connectivity index (χ4v) is 4.57. The molecule has 1 fully saturated rings. The van der Waals surface area contributed by atoms with Crippen LogP contribution in [0.3, 0.4) is 0 Å². The van der Waals surface area contributed by atoms with E-state index in [0.29, 0.717) is 5.56 Å². The summed E-state index contributed by atoms with van der Waals surface area (Å²) < 4.78 is 0. The van der Waals surface area contributed by atoms with Crippen LogP contribution in [0, 0.1) is 0 Å². The van der Waals surface area contributed by atoms with Gasteiger partial charge in [-0.05, 0) is 81.0 Å². The molecule has 2 amide bonds. The molecule has 1 aliphatic rings. The van der Waals surface area contributed by atoms with E-state index in [9.17, 15) is 14.7 Å². The van der Waals surface area contributed by atoms with Gasteiger partial charge in [-0.2, -0.15) is 0 Å². The molecule has 0 bridgehead atoms. The monoisotopic (exact) mass is 456 g/mol. The van der Waals surface area contributed by atoms with Gasteiger partial charge in [-0.1, -0.05) is 54.6 Å². The summed E-state index contributed by atoms with van der Waals surface area (Å²) in [7, 11) is 0. The Balaban J connectivity index is 1.36. The lowest BCUT2D eigenvalue weighted by molar-refractivity contribution is 0.0939. The first-order valence-corrected chi connectivity index (χ1v) is 11.8. The molecule has 5 heteroatoms. The molecule has 1 aliphatic carbocycles. The van der Waals surface area contributed by atoms with Gasteiger partial charge in [-0.15, -0.1) is 0 Å². The van der Waals surface area contributed by atoms with Crippen molar-refractivity contribution in [1.82, 2.24) is 4.90 Å². The minimum absolute atomic E-state index is 0.00318. The SMILES string of the molecule is CC(C)(C)N(C(=O)O)[C@@H]1C[C@H]1c1ccc(NC(=O)c2cccc(CCc3ccccc3)c2)cc1. The highest BCUT2D eigenvalue weighted by Gasteiger charge is 2.48. The van der Waals surface area contributed by atoms with Gasteiger partial charge in [0.2, 0.25) is 0 Å². The van der Waals surface area contributed by atoms with Gasteiger partial charge in [-0.3, -0.25) is 9.69 Å². The summed E-state index contributed by atoms with van der Waals surface area (Å²) in [5, 5.41) is 12.6. The number of hydrogen-bond donors (Lipinski definition) is 2. The molecule has 4 rings (SSSR count). The molecule has 0 aliphatic heterocycles. The Hall–Kier alpha value is -3.60. The quantitative estimate of drug-likeness (QED) is 0.435. The number of carbonyl (C=O) groups excluding carboxylic acids is 1. The second kappa shape index (κ2) is 9.72. The summed E-state index contributed by atoms with van der Waals surface area (Å²) in [5.74, 6) is 0.0600. The molecule has 3 aromatic carbocycles. The number of hydrogen-bond acceptors (Lipinski definition) is 2. The second-order valence-corrected chi connectivity index (χ2v) is 10.00. The van der Waals surface area contributed by atoms with E-state index in [1.165, 1.54) is 5.56 Å². The van der Waals surface area contributed by atoms with E-state index in [1.54, 1.807) is 4.90 Å². The highest BCUT2D eigenvalue weighted by molar-refractivity contribution is 6.04. The summed E-state index contributed by atoms with van der Waals surface area (Å²) in [6.45, 7) is 5.77. The first-order chi connectivity index (χ1) is 16.2. The van der Waals surface area contributed by atoms with Crippen LogP contribution in [0.1, 0.15) is 60.2 Å². The molecule has 2 N–H and O–H groups in total. The fraction of sp³-hybridized carbons (Fsp3) is 0.310. The van der Waals surface area contributed by atoms with E-state index in [1.807, 2.05) is 81.4 Å². The number of anilines is 1. The second-order valence-electron chi connectivity index (χ2n) is 10.00. The van der Waals surface area contributed by atoms with Gasteiger partial charge >= 0.3 is 6.09 Å². The molecule has 0 spiro atoms. The highest BCUT2D eigenvalue weighted by Crippen LogP contribution is 2.47. The van der Waals surface area contributed by atoms with Crippen molar-refractivity contribution in [3.63, 3.8) is 0 Å². The predicted molar refractivity (Wildman–Crippen MR) is 135 cm³/mol. The Labute approximate surface area is 201 Å². The van der Waals surface area contributed by atoms with Crippen LogP contribution >= 0.6 is 0 Å². The van der Waals surface area contributed by atoms with Crippen molar-refractivity contribution in [2.45, 2.75) is 57.5 Å². The third-order valence-corrected chi connectivity index (χ3v) is 6.35. The number of carbonyl (C=O) groups is 2. The van der Waals surface area contributed by atoms with E-state index in [2.05, 4.69) is 23.5 Å². The zero-order chi connectivity index (χ0) is 24.3. The normalized spacial score (nSPS) is 17.1. The van der Waals surface area contributed by atoms with Gasteiger partial charge in [0.25, 0.3) is 5.91 Å². The molecule has 0 unspecified atom stereocenters. The number of benzene rings is 3. The first-order valence-electron chi connectivity index (χ1n) is 11.8. The van der Waals surface area contributed by atoms with Crippen LogP contribution in [0.15, 0.2) is 78.9 Å². The lowest BCUT2D eigenvalue weighted by Crippen LogP contribution is -2.46. The molecule has 0 heterocycles. The molecule has 1 saturated carbocycles. The summed E-state index contributed by atoms with van der Waals surface area (Å²) in [5.41, 5.74) is 4.44. The largest absolute Gasteiger partial charge is 0.465 e. The Kier molecular flexibility index (Phi) is 6.73. The predicted octanol–water partition coefficient (Wildman–Crippen LogP) is 6.36. The van der Waals surface area contributed by atoms with Gasteiger partial charge < -0.3 is 10.4 Å². The zero-order valence-corrected chi connectivity index (χ0v) is 20.0. The molecular formula is C29H32N2O3. The number of rotatable bonds is 7. The van der Waals surface area contributed by atoms with Crippen LogP contribution in [0.2, 0.25) is 0 Å². The van der Waals surface area contributed by atoms with E-state index in [-0.39, 0.29) is 17.9 Å². The van der Waals surface area contributed by atoms with Crippen LogP contribution in [0.4, 0.5) is 10.5 Å². The average Bonchev–Trinajstić information content (AvgIpc) is 3.57. The zero-order valence-electron chi connectivity index (χ0n) is 20.0. The number of nitrogens with one attached hydrogen (secondary N) is 1. The van der Waals surface area contributed by atoms with Gasteiger partial charge in [-0.25, -0.2) is 4.79 Å². The van der Waals surface area contributed by atoms with E-state index in [0.717, 1.165) is 36.1 Å². The number of amides is 2. The van der Waals surface area contributed by atoms with Crippen molar-refractivity contribution in [3.8, 4) is 0 Å². The molecule has 2 atom stereocenters. The van der Waals surface area contributed by atoms with Crippen molar-refractivity contribution in [2.75, 3.05) is 5.32 Å². The van der Waals surface area contributed by atoms with Crippen molar-refractivity contribution in [2.24, 2.45) is 0 Å². The van der Waals surface area contributed by atoms with Gasteiger partial charge in [0.15, 0.2) is 0 Å². The summed E-state index contributed by atoms with van der Waals surface area (Å²) in [6.07, 6.45) is 1.76. The van der Waals surface area contributed by atoms with Crippen LogP contribution in [0.25, 0.3) is 0 Å². The van der Waals surface area contributed by atoms with Gasteiger partial charge in [0.05, 0.1) is 0 Å². The molecule has 0 radical (unpaired) electrons. The molecular weight excluding hydrogens is 424 g/mol. The Morgan fingerprint density at radius 2 is 1.56 bits per heavy atom. The Morgan fingerprint density at radius 1 is 0.912 bits per heavy atom. The average molecular weight is 457 g/mol. The smallest absolute Gasteiger partial charge is 0.408 e.